The van der Waals surface area contributed by atoms with E-state index in [0.29, 0.717) is 37.8 Å². The van der Waals surface area contributed by atoms with E-state index in [1.54, 1.807) is 19.2 Å². The molecule has 118 valence electrons. The monoisotopic (exact) mass is 296 g/mol. The van der Waals surface area contributed by atoms with Crippen molar-refractivity contribution in [2.24, 2.45) is 5.92 Å². The van der Waals surface area contributed by atoms with Crippen LogP contribution in [0.15, 0.2) is 18.2 Å². The highest BCUT2D eigenvalue weighted by Crippen LogP contribution is 2.28. The van der Waals surface area contributed by atoms with Gasteiger partial charge in [-0.2, -0.15) is 0 Å². The second-order valence-electron chi connectivity index (χ2n) is 5.28. The van der Waals surface area contributed by atoms with Crippen LogP contribution in [-0.2, 0) is 11.3 Å². The Morgan fingerprint density at radius 1 is 1.33 bits per heavy atom. The zero-order valence-corrected chi connectivity index (χ0v) is 12.9. The Morgan fingerprint density at radius 2 is 2.10 bits per heavy atom. The van der Waals surface area contributed by atoms with Gasteiger partial charge in [0.1, 0.15) is 0 Å². The van der Waals surface area contributed by atoms with Crippen molar-refractivity contribution in [1.29, 1.82) is 0 Å². The van der Waals surface area contributed by atoms with Gasteiger partial charge in [-0.05, 0) is 24.1 Å². The number of hydrogen-bond acceptors (Lipinski definition) is 5. The lowest BCUT2D eigenvalue weighted by Gasteiger charge is -2.10. The van der Waals surface area contributed by atoms with Crippen LogP contribution >= 0.6 is 0 Å². The lowest BCUT2D eigenvalue weighted by atomic mass is 10.1. The van der Waals surface area contributed by atoms with E-state index >= 15 is 0 Å². The lowest BCUT2D eigenvalue weighted by Crippen LogP contribution is -2.19. The molecule has 1 rings (SSSR count). The maximum absolute atomic E-state index is 11.1. The van der Waals surface area contributed by atoms with Gasteiger partial charge in [-0.25, -0.2) is 0 Å². The van der Waals surface area contributed by atoms with Crippen LogP contribution in [0.5, 0.6) is 5.75 Å². The third-order valence-electron chi connectivity index (χ3n) is 2.85. The van der Waals surface area contributed by atoms with Crippen molar-refractivity contribution in [2.45, 2.75) is 26.8 Å². The van der Waals surface area contributed by atoms with Gasteiger partial charge in [-0.15, -0.1) is 0 Å². The summed E-state index contributed by atoms with van der Waals surface area (Å²) in [6.45, 7) is 6.70. The van der Waals surface area contributed by atoms with E-state index in [2.05, 4.69) is 19.2 Å². The summed E-state index contributed by atoms with van der Waals surface area (Å²) < 4.78 is 10.4. The Morgan fingerprint density at radius 3 is 2.71 bits per heavy atom. The molecule has 0 aliphatic rings. The van der Waals surface area contributed by atoms with Crippen LogP contribution in [0.1, 0.15) is 25.8 Å². The molecule has 0 bridgehead atoms. The molecule has 1 aromatic carbocycles. The van der Waals surface area contributed by atoms with Crippen LogP contribution in [-0.4, -0.2) is 31.8 Å². The number of nitrogens with one attached hydrogen (secondary N) is 1. The van der Waals surface area contributed by atoms with Gasteiger partial charge in [0.05, 0.1) is 11.5 Å². The van der Waals surface area contributed by atoms with Crippen LogP contribution in [0.25, 0.3) is 0 Å². The van der Waals surface area contributed by atoms with Crippen molar-refractivity contribution >= 4 is 5.69 Å². The minimum absolute atomic E-state index is 0.0104. The Bertz CT molecular complexity index is 449. The molecule has 0 aromatic heterocycles. The summed E-state index contributed by atoms with van der Waals surface area (Å²) in [6.07, 6.45) is 0.700. The molecule has 0 amide bonds. The predicted octanol–water partition coefficient (Wildman–Crippen LogP) is 2.76. The Labute approximate surface area is 125 Å². The number of ether oxygens (including phenoxy) is 2. The molecule has 0 saturated carbocycles. The minimum Gasteiger partial charge on any atom is -0.487 e. The largest absolute Gasteiger partial charge is 0.487 e. The average molecular weight is 296 g/mol. The molecular formula is C15H24N2O4. The van der Waals surface area contributed by atoms with Gasteiger partial charge in [0, 0.05) is 32.7 Å². The van der Waals surface area contributed by atoms with Gasteiger partial charge in [0.2, 0.25) is 0 Å². The zero-order valence-electron chi connectivity index (χ0n) is 12.9. The molecule has 21 heavy (non-hydrogen) atoms. The van der Waals surface area contributed by atoms with Crippen molar-refractivity contribution in [3.8, 4) is 5.75 Å². The summed E-state index contributed by atoms with van der Waals surface area (Å²) in [5.41, 5.74) is 0.892. The molecule has 0 heterocycles. The van der Waals surface area contributed by atoms with Crippen molar-refractivity contribution in [2.75, 3.05) is 26.9 Å². The summed E-state index contributed by atoms with van der Waals surface area (Å²) in [6, 6.07) is 5.09. The first-order valence-electron chi connectivity index (χ1n) is 7.14. The number of nitro benzene ring substituents is 1. The second kappa shape index (κ2) is 9.31. The Hall–Kier alpha value is -1.66. The number of nitrogens with zero attached hydrogens (tertiary/aromatic N) is 1. The van der Waals surface area contributed by atoms with E-state index in [0.717, 1.165) is 12.1 Å². The lowest BCUT2D eigenvalue weighted by molar-refractivity contribution is -0.385. The zero-order chi connectivity index (χ0) is 15.7. The fourth-order valence-corrected chi connectivity index (χ4v) is 1.83. The fraction of sp³-hybridized carbons (Fsp3) is 0.600. The van der Waals surface area contributed by atoms with E-state index in [4.69, 9.17) is 9.47 Å². The van der Waals surface area contributed by atoms with Crippen LogP contribution in [0.3, 0.4) is 0 Å². The number of rotatable bonds is 10. The molecule has 6 nitrogen and oxygen atoms in total. The van der Waals surface area contributed by atoms with E-state index in [-0.39, 0.29) is 5.69 Å². The molecule has 0 fully saturated rings. The molecule has 0 spiro atoms. The number of benzene rings is 1. The first kappa shape index (κ1) is 17.4. The van der Waals surface area contributed by atoms with E-state index in [1.807, 2.05) is 6.07 Å². The average Bonchev–Trinajstić information content (AvgIpc) is 2.44. The van der Waals surface area contributed by atoms with Crippen LogP contribution < -0.4 is 10.1 Å². The standard InChI is InChI=1S/C15H24N2O4/c1-12(2)10-16-11-13-5-6-15(14(9-13)17(18)19)21-8-4-7-20-3/h5-6,9,12,16H,4,7-8,10-11H2,1-3H3. The highest BCUT2D eigenvalue weighted by atomic mass is 16.6. The number of hydrogen-bond donors (Lipinski definition) is 1. The fourth-order valence-electron chi connectivity index (χ4n) is 1.83. The quantitative estimate of drug-likeness (QED) is 0.408. The van der Waals surface area contributed by atoms with Crippen LogP contribution in [0, 0.1) is 16.0 Å². The van der Waals surface area contributed by atoms with Gasteiger partial charge < -0.3 is 14.8 Å². The van der Waals surface area contributed by atoms with Gasteiger partial charge in [-0.3, -0.25) is 10.1 Å². The molecule has 0 aliphatic heterocycles. The highest BCUT2D eigenvalue weighted by Gasteiger charge is 2.15. The molecule has 0 aliphatic carbocycles. The molecule has 1 aromatic rings. The molecule has 0 radical (unpaired) electrons. The first-order valence-corrected chi connectivity index (χ1v) is 7.14. The SMILES string of the molecule is COCCCOc1ccc(CNCC(C)C)cc1[N+](=O)[O-]. The van der Waals surface area contributed by atoms with Gasteiger partial charge in [-0.1, -0.05) is 19.9 Å². The smallest absolute Gasteiger partial charge is 0.311 e. The Balaban J connectivity index is 2.65. The molecular weight excluding hydrogens is 272 g/mol. The summed E-state index contributed by atoms with van der Waals surface area (Å²) in [5, 5.41) is 14.4. The first-order chi connectivity index (χ1) is 10.0. The van der Waals surface area contributed by atoms with Gasteiger partial charge in [0.25, 0.3) is 0 Å². The normalized spacial score (nSPS) is 10.9. The second-order valence-corrected chi connectivity index (χ2v) is 5.28. The maximum atomic E-state index is 11.1. The van der Waals surface area contributed by atoms with Crippen LogP contribution in [0.2, 0.25) is 0 Å². The van der Waals surface area contributed by atoms with Crippen molar-refractivity contribution in [1.82, 2.24) is 5.32 Å². The molecule has 0 atom stereocenters. The summed E-state index contributed by atoms with van der Waals surface area (Å²) >= 11 is 0. The molecule has 0 unspecified atom stereocenters. The number of nitro groups is 1. The summed E-state index contributed by atoms with van der Waals surface area (Å²) in [4.78, 5) is 10.7. The van der Waals surface area contributed by atoms with Gasteiger partial charge in [0.15, 0.2) is 5.75 Å². The maximum Gasteiger partial charge on any atom is 0.311 e. The van der Waals surface area contributed by atoms with Crippen LogP contribution in [0.4, 0.5) is 5.69 Å². The van der Waals surface area contributed by atoms with E-state index < -0.39 is 4.92 Å². The van der Waals surface area contributed by atoms with E-state index in [1.165, 1.54) is 0 Å². The molecule has 0 saturated heterocycles. The predicted molar refractivity (Wildman–Crippen MR) is 81.6 cm³/mol. The van der Waals surface area contributed by atoms with Crippen molar-refractivity contribution < 1.29 is 14.4 Å². The molecule has 1 N–H and O–H groups in total. The minimum atomic E-state index is -0.405. The topological polar surface area (TPSA) is 73.6 Å². The summed E-state index contributed by atoms with van der Waals surface area (Å²) in [5.74, 6) is 0.854. The third-order valence-corrected chi connectivity index (χ3v) is 2.85. The highest BCUT2D eigenvalue weighted by molar-refractivity contribution is 5.48. The third kappa shape index (κ3) is 6.55. The van der Waals surface area contributed by atoms with Gasteiger partial charge >= 0.3 is 5.69 Å². The number of methoxy groups -OCH3 is 1. The summed E-state index contributed by atoms with van der Waals surface area (Å²) in [7, 11) is 1.61. The van der Waals surface area contributed by atoms with E-state index in [9.17, 15) is 10.1 Å². The molecule has 6 heteroatoms. The van der Waals surface area contributed by atoms with Crippen molar-refractivity contribution in [3.05, 3.63) is 33.9 Å². The van der Waals surface area contributed by atoms with Crippen molar-refractivity contribution in [3.63, 3.8) is 0 Å². The Kier molecular flexibility index (Phi) is 7.71.